The van der Waals surface area contributed by atoms with E-state index >= 15 is 0 Å². The van der Waals surface area contributed by atoms with Gasteiger partial charge < -0.3 is 15.1 Å². The normalized spacial score (nSPS) is 17.2. The second-order valence-corrected chi connectivity index (χ2v) is 8.54. The van der Waals surface area contributed by atoms with Gasteiger partial charge in [0.25, 0.3) is 0 Å². The van der Waals surface area contributed by atoms with Gasteiger partial charge in [-0.3, -0.25) is 9.59 Å². The topological polar surface area (TPSA) is 52.7 Å². The summed E-state index contributed by atoms with van der Waals surface area (Å²) in [5, 5.41) is 3.10. The maximum absolute atomic E-state index is 12.7. The van der Waals surface area contributed by atoms with Gasteiger partial charge in [0.15, 0.2) is 0 Å². The van der Waals surface area contributed by atoms with Crippen molar-refractivity contribution in [3.05, 3.63) is 23.8 Å². The third-order valence-electron chi connectivity index (χ3n) is 5.73. The molecule has 27 heavy (non-hydrogen) atoms. The van der Waals surface area contributed by atoms with E-state index in [0.29, 0.717) is 6.54 Å². The molecule has 0 saturated heterocycles. The van der Waals surface area contributed by atoms with Crippen LogP contribution < -0.4 is 10.2 Å². The Morgan fingerprint density at radius 1 is 1.07 bits per heavy atom. The molecule has 1 aromatic rings. The molecule has 2 saturated carbocycles. The van der Waals surface area contributed by atoms with E-state index in [4.69, 9.17) is 0 Å². The summed E-state index contributed by atoms with van der Waals surface area (Å²) in [6.45, 7) is 4.72. The summed E-state index contributed by atoms with van der Waals surface area (Å²) in [7, 11) is 4.02. The van der Waals surface area contributed by atoms with Crippen LogP contribution in [-0.4, -0.2) is 36.9 Å². The summed E-state index contributed by atoms with van der Waals surface area (Å²) in [5.74, 6) is 0.743. The second-order valence-electron chi connectivity index (χ2n) is 8.54. The zero-order valence-electron chi connectivity index (χ0n) is 17.1. The van der Waals surface area contributed by atoms with Gasteiger partial charge in [0.05, 0.1) is 0 Å². The number of hydrogen-bond donors (Lipinski definition) is 1. The van der Waals surface area contributed by atoms with Crippen LogP contribution in [0.1, 0.15) is 57.9 Å². The van der Waals surface area contributed by atoms with Gasteiger partial charge in [-0.1, -0.05) is 12.8 Å². The lowest BCUT2D eigenvalue weighted by atomic mass is 10.1. The highest BCUT2D eigenvalue weighted by molar-refractivity contribution is 5.93. The third kappa shape index (κ3) is 4.82. The fraction of sp³-hybridized carbons (Fsp3) is 0.636. The number of amides is 2. The maximum Gasteiger partial charge on any atom is 0.227 e. The van der Waals surface area contributed by atoms with E-state index in [0.717, 1.165) is 55.5 Å². The molecule has 2 aliphatic carbocycles. The first kappa shape index (κ1) is 19.7. The van der Waals surface area contributed by atoms with E-state index in [1.54, 1.807) is 0 Å². The number of benzene rings is 1. The van der Waals surface area contributed by atoms with Crippen molar-refractivity contribution in [1.29, 1.82) is 0 Å². The number of anilines is 2. The molecule has 3 rings (SSSR count). The summed E-state index contributed by atoms with van der Waals surface area (Å²) in [4.78, 5) is 29.2. The first-order chi connectivity index (χ1) is 12.9. The number of carbonyl (C=O) groups excluding carboxylic acids is 2. The molecular formula is C22H33N3O2. The van der Waals surface area contributed by atoms with Crippen molar-refractivity contribution in [2.45, 2.75) is 65.0 Å². The van der Waals surface area contributed by atoms with Crippen LogP contribution in [-0.2, 0) is 16.1 Å². The van der Waals surface area contributed by atoms with Crippen LogP contribution in [0.3, 0.4) is 0 Å². The molecular weight excluding hydrogens is 338 g/mol. The van der Waals surface area contributed by atoms with E-state index in [9.17, 15) is 9.59 Å². The average molecular weight is 372 g/mol. The Labute approximate surface area is 163 Å². The molecule has 2 aliphatic rings. The Kier molecular flexibility index (Phi) is 6.08. The third-order valence-corrected chi connectivity index (χ3v) is 5.73. The summed E-state index contributed by atoms with van der Waals surface area (Å²) >= 11 is 0. The first-order valence-electron chi connectivity index (χ1n) is 10.3. The first-order valence-corrected chi connectivity index (χ1v) is 10.3. The number of carbonyl (C=O) groups is 2. The molecule has 2 amide bonds. The van der Waals surface area contributed by atoms with Crippen molar-refractivity contribution in [2.75, 3.05) is 24.3 Å². The minimum absolute atomic E-state index is 0.130. The fourth-order valence-electron chi connectivity index (χ4n) is 3.92. The molecule has 0 aromatic heterocycles. The molecule has 5 heteroatoms. The van der Waals surface area contributed by atoms with Gasteiger partial charge in [-0.15, -0.1) is 0 Å². The van der Waals surface area contributed by atoms with Gasteiger partial charge in [0, 0.05) is 49.9 Å². The van der Waals surface area contributed by atoms with Crippen molar-refractivity contribution in [2.24, 2.45) is 11.8 Å². The minimum atomic E-state index is 0.130. The zero-order chi connectivity index (χ0) is 19.6. The SMILES string of the molecule is CC(C)N(Cc1cc(NC(=O)C2CCCC2)ccc1N(C)C)C(=O)C1CC1. The van der Waals surface area contributed by atoms with Crippen LogP contribution in [0, 0.1) is 11.8 Å². The number of nitrogens with one attached hydrogen (secondary N) is 1. The lowest BCUT2D eigenvalue weighted by molar-refractivity contribution is -0.135. The van der Waals surface area contributed by atoms with Crippen molar-refractivity contribution in [3.63, 3.8) is 0 Å². The number of rotatable bonds is 7. The number of hydrogen-bond acceptors (Lipinski definition) is 3. The molecule has 0 heterocycles. The Morgan fingerprint density at radius 3 is 2.30 bits per heavy atom. The summed E-state index contributed by atoms with van der Waals surface area (Å²) in [6, 6.07) is 6.20. The lowest BCUT2D eigenvalue weighted by Crippen LogP contribution is -2.37. The van der Waals surface area contributed by atoms with E-state index in [2.05, 4.69) is 24.1 Å². The second kappa shape index (κ2) is 8.32. The molecule has 0 unspecified atom stereocenters. The fourth-order valence-corrected chi connectivity index (χ4v) is 3.92. The predicted octanol–water partition coefficient (Wildman–Crippen LogP) is 4.03. The molecule has 148 valence electrons. The summed E-state index contributed by atoms with van der Waals surface area (Å²) in [6.07, 6.45) is 6.31. The van der Waals surface area contributed by atoms with Gasteiger partial charge in [0.2, 0.25) is 11.8 Å². The number of nitrogens with zero attached hydrogens (tertiary/aromatic N) is 2. The molecule has 0 bridgehead atoms. The van der Waals surface area contributed by atoms with E-state index in [-0.39, 0.29) is 29.7 Å². The van der Waals surface area contributed by atoms with Gasteiger partial charge in [-0.2, -0.15) is 0 Å². The van der Waals surface area contributed by atoms with Gasteiger partial charge in [0.1, 0.15) is 0 Å². The Balaban J connectivity index is 1.80. The molecule has 2 fully saturated rings. The minimum Gasteiger partial charge on any atom is -0.377 e. The standard InChI is InChI=1S/C22H33N3O2/c1-15(2)25(22(27)17-9-10-17)14-18-13-19(11-12-20(18)24(3)4)23-21(26)16-7-5-6-8-16/h11-13,15-17H,5-10,14H2,1-4H3,(H,23,26). The van der Waals surface area contributed by atoms with Crippen LogP contribution >= 0.6 is 0 Å². The zero-order valence-corrected chi connectivity index (χ0v) is 17.1. The molecule has 1 N–H and O–H groups in total. The Bertz CT molecular complexity index is 689. The van der Waals surface area contributed by atoms with Crippen molar-refractivity contribution < 1.29 is 9.59 Å². The highest BCUT2D eigenvalue weighted by atomic mass is 16.2. The van der Waals surface area contributed by atoms with Gasteiger partial charge in [-0.25, -0.2) is 0 Å². The van der Waals surface area contributed by atoms with E-state index < -0.39 is 0 Å². The van der Waals surface area contributed by atoms with Crippen LogP contribution in [0.4, 0.5) is 11.4 Å². The molecule has 0 spiro atoms. The van der Waals surface area contributed by atoms with E-state index in [1.165, 1.54) is 0 Å². The van der Waals surface area contributed by atoms with E-state index in [1.807, 2.05) is 37.2 Å². The van der Waals surface area contributed by atoms with Crippen molar-refractivity contribution >= 4 is 23.2 Å². The summed E-state index contributed by atoms with van der Waals surface area (Å²) < 4.78 is 0. The highest BCUT2D eigenvalue weighted by Crippen LogP contribution is 2.33. The lowest BCUT2D eigenvalue weighted by Gasteiger charge is -2.29. The van der Waals surface area contributed by atoms with Crippen molar-refractivity contribution in [1.82, 2.24) is 4.90 Å². The molecule has 5 nitrogen and oxygen atoms in total. The van der Waals surface area contributed by atoms with Crippen LogP contribution in [0.25, 0.3) is 0 Å². The molecule has 0 radical (unpaired) electrons. The molecule has 0 atom stereocenters. The quantitative estimate of drug-likeness (QED) is 0.787. The Morgan fingerprint density at radius 2 is 1.74 bits per heavy atom. The van der Waals surface area contributed by atoms with Gasteiger partial charge in [-0.05, 0) is 63.3 Å². The van der Waals surface area contributed by atoms with Gasteiger partial charge >= 0.3 is 0 Å². The van der Waals surface area contributed by atoms with Crippen molar-refractivity contribution in [3.8, 4) is 0 Å². The van der Waals surface area contributed by atoms with Crippen LogP contribution in [0.15, 0.2) is 18.2 Å². The smallest absolute Gasteiger partial charge is 0.227 e. The predicted molar refractivity (Wildman–Crippen MR) is 110 cm³/mol. The Hall–Kier alpha value is -2.04. The van der Waals surface area contributed by atoms with Crippen LogP contribution in [0.2, 0.25) is 0 Å². The summed E-state index contributed by atoms with van der Waals surface area (Å²) in [5.41, 5.74) is 2.99. The maximum atomic E-state index is 12.7. The largest absolute Gasteiger partial charge is 0.377 e. The monoisotopic (exact) mass is 371 g/mol. The molecule has 0 aliphatic heterocycles. The molecule has 1 aromatic carbocycles. The van der Waals surface area contributed by atoms with Crippen LogP contribution in [0.5, 0.6) is 0 Å². The average Bonchev–Trinajstić information content (AvgIpc) is 3.32. The highest BCUT2D eigenvalue weighted by Gasteiger charge is 2.34.